The standard InChI is InChI=1S/C37H66O8/c1-4-5-14-20-30(38)24-25-33-32(34(40)26-35(33)41)21-16-12-13-18-23-37(43)45-28-31(39)27-44-36(42)22-17-11-9-7-6-8-10-15-19-29(2)3/h24-25,29-33,35,38-39,41H,4-23,26-28H2,1-3H3/b25-24+/t30-,31-,32+,33+,35+/m0/s1. The summed E-state index contributed by atoms with van der Waals surface area (Å²) in [5, 5.41) is 30.5. The van der Waals surface area contributed by atoms with Crippen molar-refractivity contribution in [1.82, 2.24) is 0 Å². The van der Waals surface area contributed by atoms with Crippen LogP contribution in [0.5, 0.6) is 0 Å². The van der Waals surface area contributed by atoms with Gasteiger partial charge < -0.3 is 24.8 Å². The average molecular weight is 639 g/mol. The van der Waals surface area contributed by atoms with E-state index in [1.807, 2.05) is 6.08 Å². The number of ketones is 1. The largest absolute Gasteiger partial charge is 0.463 e. The van der Waals surface area contributed by atoms with Gasteiger partial charge in [0.15, 0.2) is 0 Å². The Labute approximate surface area is 273 Å². The lowest BCUT2D eigenvalue weighted by Gasteiger charge is -2.18. The summed E-state index contributed by atoms with van der Waals surface area (Å²) in [6, 6.07) is 0. The molecule has 262 valence electrons. The molecule has 0 aliphatic heterocycles. The lowest BCUT2D eigenvalue weighted by Crippen LogP contribution is -2.25. The van der Waals surface area contributed by atoms with Gasteiger partial charge in [0, 0.05) is 31.1 Å². The van der Waals surface area contributed by atoms with E-state index in [-0.39, 0.29) is 49.6 Å². The van der Waals surface area contributed by atoms with Crippen LogP contribution in [0, 0.1) is 17.8 Å². The summed E-state index contributed by atoms with van der Waals surface area (Å²) in [6.07, 6.45) is 20.3. The van der Waals surface area contributed by atoms with Crippen LogP contribution in [-0.2, 0) is 23.9 Å². The molecule has 0 heterocycles. The molecule has 0 amide bonds. The van der Waals surface area contributed by atoms with Crippen molar-refractivity contribution in [2.24, 2.45) is 17.8 Å². The number of carbonyl (C=O) groups excluding carboxylic acids is 3. The van der Waals surface area contributed by atoms with Crippen molar-refractivity contribution in [1.29, 1.82) is 0 Å². The van der Waals surface area contributed by atoms with Crippen LogP contribution in [0.15, 0.2) is 12.2 Å². The first kappa shape index (κ1) is 41.3. The third-order valence-corrected chi connectivity index (χ3v) is 8.82. The molecule has 0 bridgehead atoms. The van der Waals surface area contributed by atoms with Gasteiger partial charge in [-0.2, -0.15) is 0 Å². The highest BCUT2D eigenvalue weighted by Gasteiger charge is 2.39. The van der Waals surface area contributed by atoms with Gasteiger partial charge in [0.1, 0.15) is 25.1 Å². The highest BCUT2D eigenvalue weighted by molar-refractivity contribution is 5.84. The van der Waals surface area contributed by atoms with Crippen molar-refractivity contribution >= 4 is 17.7 Å². The van der Waals surface area contributed by atoms with Crippen LogP contribution in [-0.4, -0.2) is 64.6 Å². The van der Waals surface area contributed by atoms with Gasteiger partial charge in [0.25, 0.3) is 0 Å². The van der Waals surface area contributed by atoms with Crippen molar-refractivity contribution in [3.63, 3.8) is 0 Å². The van der Waals surface area contributed by atoms with E-state index in [1.54, 1.807) is 6.08 Å². The van der Waals surface area contributed by atoms with Gasteiger partial charge in [-0.05, 0) is 31.6 Å². The number of esters is 2. The Kier molecular flexibility index (Phi) is 24.1. The van der Waals surface area contributed by atoms with E-state index in [4.69, 9.17) is 9.47 Å². The van der Waals surface area contributed by atoms with E-state index in [0.717, 1.165) is 63.7 Å². The minimum atomic E-state index is -1.03. The minimum Gasteiger partial charge on any atom is -0.463 e. The number of ether oxygens (including phenoxy) is 2. The van der Waals surface area contributed by atoms with Gasteiger partial charge in [-0.1, -0.05) is 123 Å². The van der Waals surface area contributed by atoms with Gasteiger partial charge in [-0.15, -0.1) is 0 Å². The first-order chi connectivity index (χ1) is 21.6. The number of Topliss-reactive ketones (excluding diaryl/α,β-unsaturated/α-hetero) is 1. The lowest BCUT2D eigenvalue weighted by molar-refractivity contribution is -0.152. The van der Waals surface area contributed by atoms with Crippen molar-refractivity contribution in [2.75, 3.05) is 13.2 Å². The second-order valence-corrected chi connectivity index (χ2v) is 13.6. The molecule has 3 N–H and O–H groups in total. The monoisotopic (exact) mass is 638 g/mol. The van der Waals surface area contributed by atoms with Gasteiger partial charge in [-0.3, -0.25) is 14.4 Å². The highest BCUT2D eigenvalue weighted by atomic mass is 16.6. The summed E-state index contributed by atoms with van der Waals surface area (Å²) in [4.78, 5) is 36.4. The van der Waals surface area contributed by atoms with Crippen LogP contribution in [0.1, 0.15) is 156 Å². The SMILES string of the molecule is CCCCC[C@H](O)/C=C/[C@H]1[C@H](O)CC(=O)[C@@H]1CCCCCCC(=O)OC[C@@H](O)COC(=O)CCCCCCCCCCC(C)C. The van der Waals surface area contributed by atoms with E-state index in [0.29, 0.717) is 25.7 Å². The summed E-state index contributed by atoms with van der Waals surface area (Å²) in [7, 11) is 0. The maximum Gasteiger partial charge on any atom is 0.305 e. The predicted octanol–water partition coefficient (Wildman–Crippen LogP) is 7.39. The van der Waals surface area contributed by atoms with Crippen LogP contribution < -0.4 is 0 Å². The van der Waals surface area contributed by atoms with Gasteiger partial charge >= 0.3 is 11.9 Å². The molecule has 1 aliphatic rings. The number of unbranched alkanes of at least 4 members (excludes halogenated alkanes) is 12. The fourth-order valence-corrected chi connectivity index (χ4v) is 5.99. The van der Waals surface area contributed by atoms with Crippen LogP contribution in [0.25, 0.3) is 0 Å². The number of rotatable bonds is 28. The number of aliphatic hydroxyl groups excluding tert-OH is 3. The zero-order chi connectivity index (χ0) is 33.3. The Bertz CT molecular complexity index is 810. The van der Waals surface area contributed by atoms with E-state index in [2.05, 4.69) is 20.8 Å². The van der Waals surface area contributed by atoms with Crippen LogP contribution in [0.4, 0.5) is 0 Å². The first-order valence-corrected chi connectivity index (χ1v) is 18.2. The van der Waals surface area contributed by atoms with Crippen molar-refractivity contribution in [3.05, 3.63) is 12.2 Å². The Morgan fingerprint density at radius 3 is 1.84 bits per heavy atom. The summed E-state index contributed by atoms with van der Waals surface area (Å²) < 4.78 is 10.3. The summed E-state index contributed by atoms with van der Waals surface area (Å²) in [5.74, 6) is -0.319. The molecule has 0 aromatic carbocycles. The van der Waals surface area contributed by atoms with E-state index < -0.39 is 24.3 Å². The highest BCUT2D eigenvalue weighted by Crippen LogP contribution is 2.34. The van der Waals surface area contributed by atoms with E-state index in [9.17, 15) is 29.7 Å². The molecule has 8 nitrogen and oxygen atoms in total. The molecule has 1 rings (SSSR count). The number of aliphatic hydroxyl groups is 3. The molecule has 8 heteroatoms. The fraction of sp³-hybridized carbons (Fsp3) is 0.865. The third kappa shape index (κ3) is 21.6. The molecule has 0 aromatic rings. The molecular formula is C37H66O8. The predicted molar refractivity (Wildman–Crippen MR) is 179 cm³/mol. The zero-order valence-electron chi connectivity index (χ0n) is 28.8. The second kappa shape index (κ2) is 26.3. The Morgan fingerprint density at radius 1 is 0.778 bits per heavy atom. The molecule has 0 unspecified atom stereocenters. The molecule has 0 saturated heterocycles. The van der Waals surface area contributed by atoms with Crippen LogP contribution in [0.2, 0.25) is 0 Å². The molecule has 0 aromatic heterocycles. The van der Waals surface area contributed by atoms with Crippen molar-refractivity contribution in [2.45, 2.75) is 174 Å². The molecule has 0 radical (unpaired) electrons. The number of hydrogen-bond acceptors (Lipinski definition) is 8. The van der Waals surface area contributed by atoms with Gasteiger partial charge in [0.2, 0.25) is 0 Å². The summed E-state index contributed by atoms with van der Waals surface area (Å²) in [6.45, 7) is 6.28. The molecule has 1 aliphatic carbocycles. The molecule has 45 heavy (non-hydrogen) atoms. The quantitative estimate of drug-likeness (QED) is 0.0459. The zero-order valence-corrected chi connectivity index (χ0v) is 28.8. The van der Waals surface area contributed by atoms with Gasteiger partial charge in [0.05, 0.1) is 12.2 Å². The molecule has 0 spiro atoms. The number of hydrogen-bond donors (Lipinski definition) is 3. The average Bonchev–Trinajstić information content (AvgIpc) is 3.27. The Balaban J connectivity index is 2.06. The molecule has 1 fully saturated rings. The summed E-state index contributed by atoms with van der Waals surface area (Å²) >= 11 is 0. The third-order valence-electron chi connectivity index (χ3n) is 8.82. The van der Waals surface area contributed by atoms with Gasteiger partial charge in [-0.25, -0.2) is 0 Å². The van der Waals surface area contributed by atoms with Crippen LogP contribution in [0.3, 0.4) is 0 Å². The lowest BCUT2D eigenvalue weighted by atomic mass is 9.88. The van der Waals surface area contributed by atoms with Crippen LogP contribution >= 0.6 is 0 Å². The first-order valence-electron chi connectivity index (χ1n) is 18.2. The molecule has 5 atom stereocenters. The van der Waals surface area contributed by atoms with Crippen molar-refractivity contribution in [3.8, 4) is 0 Å². The van der Waals surface area contributed by atoms with E-state index in [1.165, 1.54) is 38.5 Å². The second-order valence-electron chi connectivity index (χ2n) is 13.6. The summed E-state index contributed by atoms with van der Waals surface area (Å²) in [5.41, 5.74) is 0. The van der Waals surface area contributed by atoms with E-state index >= 15 is 0 Å². The Hall–Kier alpha value is -1.77. The number of carbonyl (C=O) groups is 3. The maximum atomic E-state index is 12.4. The van der Waals surface area contributed by atoms with Crippen molar-refractivity contribution < 1.29 is 39.2 Å². The normalized spacial score (nSPS) is 19.8. The fourth-order valence-electron chi connectivity index (χ4n) is 5.99. The maximum absolute atomic E-state index is 12.4. The topological polar surface area (TPSA) is 130 Å². The Morgan fingerprint density at radius 2 is 1.29 bits per heavy atom. The smallest absolute Gasteiger partial charge is 0.305 e. The minimum absolute atomic E-state index is 0.0824. The molecular weight excluding hydrogens is 572 g/mol. The molecule has 1 saturated carbocycles.